The van der Waals surface area contributed by atoms with Gasteiger partial charge in [0.15, 0.2) is 0 Å². The van der Waals surface area contributed by atoms with Crippen molar-refractivity contribution in [3.8, 4) is 0 Å². The number of pyridine rings is 1. The topological polar surface area (TPSA) is 109 Å². The summed E-state index contributed by atoms with van der Waals surface area (Å²) < 4.78 is 0. The Labute approximate surface area is 109 Å². The molecule has 0 aromatic carbocycles. The maximum Gasteiger partial charge on any atom is 0.276 e. The Hall–Kier alpha value is -2.38. The molecule has 19 heavy (non-hydrogen) atoms. The lowest BCUT2D eigenvalue weighted by atomic mass is 10.3. The van der Waals surface area contributed by atoms with Gasteiger partial charge < -0.3 is 16.0 Å². The fourth-order valence-corrected chi connectivity index (χ4v) is 1.52. The summed E-state index contributed by atoms with van der Waals surface area (Å²) in [7, 11) is 1.62. The van der Waals surface area contributed by atoms with Gasteiger partial charge in [0.25, 0.3) is 5.69 Å². The highest BCUT2D eigenvalue weighted by Gasteiger charge is 2.23. The summed E-state index contributed by atoms with van der Waals surface area (Å²) >= 11 is 0. The summed E-state index contributed by atoms with van der Waals surface area (Å²) in [6, 6.07) is 2.92. The monoisotopic (exact) mass is 265 g/mol. The molecule has 0 bridgehead atoms. The van der Waals surface area contributed by atoms with E-state index in [2.05, 4.69) is 20.9 Å². The second-order valence-corrected chi connectivity index (χ2v) is 4.30. The van der Waals surface area contributed by atoms with Gasteiger partial charge in [0.2, 0.25) is 5.91 Å². The number of amides is 1. The van der Waals surface area contributed by atoms with E-state index in [1.807, 2.05) is 0 Å². The molecule has 8 heteroatoms. The largest absolute Gasteiger partial charge is 0.373 e. The van der Waals surface area contributed by atoms with Crippen LogP contribution in [0.5, 0.6) is 0 Å². The standard InChI is InChI=1S/C11H15N5O3/c1-12-9-4-8(16(18)19)5-10(15-9)13-6-11(17)14-7-2-3-7/h4-5,7H,2-3,6H2,1H3,(H,14,17)(H2,12,13,15). The highest BCUT2D eigenvalue weighted by Crippen LogP contribution is 2.20. The molecule has 1 amide bonds. The van der Waals surface area contributed by atoms with E-state index in [4.69, 9.17) is 0 Å². The Balaban J connectivity index is 1.99. The van der Waals surface area contributed by atoms with Crippen molar-refractivity contribution < 1.29 is 9.72 Å². The number of rotatable bonds is 6. The summed E-state index contributed by atoms with van der Waals surface area (Å²) in [6.07, 6.45) is 2.04. The second-order valence-electron chi connectivity index (χ2n) is 4.30. The highest BCUT2D eigenvalue weighted by molar-refractivity contribution is 5.81. The molecule has 2 rings (SSSR count). The normalized spacial score (nSPS) is 13.7. The van der Waals surface area contributed by atoms with Crippen molar-refractivity contribution in [1.82, 2.24) is 10.3 Å². The molecule has 1 aromatic heterocycles. The van der Waals surface area contributed by atoms with E-state index >= 15 is 0 Å². The summed E-state index contributed by atoms with van der Waals surface area (Å²) in [6.45, 7) is 0.0494. The van der Waals surface area contributed by atoms with Gasteiger partial charge in [-0.1, -0.05) is 0 Å². The van der Waals surface area contributed by atoms with Crippen LogP contribution >= 0.6 is 0 Å². The molecule has 102 valence electrons. The third-order valence-corrected chi connectivity index (χ3v) is 2.65. The molecular weight excluding hydrogens is 250 g/mol. The van der Waals surface area contributed by atoms with Gasteiger partial charge in [-0.15, -0.1) is 0 Å². The first-order chi connectivity index (χ1) is 9.08. The van der Waals surface area contributed by atoms with E-state index in [0.29, 0.717) is 17.7 Å². The van der Waals surface area contributed by atoms with Crippen LogP contribution in [-0.2, 0) is 4.79 Å². The van der Waals surface area contributed by atoms with Gasteiger partial charge in [0, 0.05) is 13.1 Å². The van der Waals surface area contributed by atoms with E-state index in [0.717, 1.165) is 12.8 Å². The summed E-state index contributed by atoms with van der Waals surface area (Å²) in [4.78, 5) is 25.8. The predicted molar refractivity (Wildman–Crippen MR) is 70.1 cm³/mol. The van der Waals surface area contributed by atoms with Crippen molar-refractivity contribution in [2.45, 2.75) is 18.9 Å². The Kier molecular flexibility index (Phi) is 3.79. The van der Waals surface area contributed by atoms with E-state index in [1.54, 1.807) is 7.05 Å². The van der Waals surface area contributed by atoms with Gasteiger partial charge in [-0.05, 0) is 12.8 Å². The number of aromatic nitrogens is 1. The zero-order valence-electron chi connectivity index (χ0n) is 10.5. The molecular formula is C11H15N5O3. The minimum Gasteiger partial charge on any atom is -0.373 e. The summed E-state index contributed by atoms with van der Waals surface area (Å²) in [5.74, 6) is 0.533. The smallest absolute Gasteiger partial charge is 0.276 e. The van der Waals surface area contributed by atoms with E-state index < -0.39 is 4.92 Å². The van der Waals surface area contributed by atoms with Gasteiger partial charge in [-0.2, -0.15) is 0 Å². The van der Waals surface area contributed by atoms with Crippen LogP contribution in [0.3, 0.4) is 0 Å². The lowest BCUT2D eigenvalue weighted by Crippen LogP contribution is -2.31. The third kappa shape index (κ3) is 3.80. The molecule has 0 saturated heterocycles. The van der Waals surface area contributed by atoms with Crippen LogP contribution in [0.1, 0.15) is 12.8 Å². The molecule has 1 fully saturated rings. The van der Waals surface area contributed by atoms with Crippen molar-refractivity contribution in [2.75, 3.05) is 24.2 Å². The number of nitrogens with one attached hydrogen (secondary N) is 3. The molecule has 1 heterocycles. The van der Waals surface area contributed by atoms with Crippen LogP contribution in [0.4, 0.5) is 17.3 Å². The first-order valence-corrected chi connectivity index (χ1v) is 5.96. The molecule has 3 N–H and O–H groups in total. The molecule has 0 radical (unpaired) electrons. The van der Waals surface area contributed by atoms with Crippen LogP contribution in [-0.4, -0.2) is 35.4 Å². The average Bonchev–Trinajstić information content (AvgIpc) is 3.19. The van der Waals surface area contributed by atoms with Gasteiger partial charge in [0.05, 0.1) is 23.6 Å². The highest BCUT2D eigenvalue weighted by atomic mass is 16.6. The number of anilines is 2. The fourth-order valence-electron chi connectivity index (χ4n) is 1.52. The predicted octanol–water partition coefficient (Wildman–Crippen LogP) is 0.722. The van der Waals surface area contributed by atoms with Crippen LogP contribution in [0.25, 0.3) is 0 Å². The van der Waals surface area contributed by atoms with E-state index in [1.165, 1.54) is 12.1 Å². The number of nitro groups is 1. The van der Waals surface area contributed by atoms with Gasteiger partial charge >= 0.3 is 0 Å². The lowest BCUT2D eigenvalue weighted by Gasteiger charge is -2.08. The van der Waals surface area contributed by atoms with Crippen molar-refractivity contribution in [1.29, 1.82) is 0 Å². The minimum absolute atomic E-state index is 0.0494. The van der Waals surface area contributed by atoms with Crippen LogP contribution in [0.15, 0.2) is 12.1 Å². The Morgan fingerprint density at radius 2 is 2.16 bits per heavy atom. The molecule has 0 aliphatic heterocycles. The SMILES string of the molecule is CNc1cc([N+](=O)[O-])cc(NCC(=O)NC2CC2)n1. The Bertz CT molecular complexity index is 501. The number of hydrogen-bond donors (Lipinski definition) is 3. The molecule has 1 aliphatic carbocycles. The third-order valence-electron chi connectivity index (χ3n) is 2.65. The molecule has 0 unspecified atom stereocenters. The Morgan fingerprint density at radius 3 is 2.74 bits per heavy atom. The molecule has 1 saturated carbocycles. The summed E-state index contributed by atoms with van der Waals surface area (Å²) in [5, 5.41) is 19.1. The van der Waals surface area contributed by atoms with Crippen LogP contribution in [0.2, 0.25) is 0 Å². The molecule has 1 aromatic rings. The van der Waals surface area contributed by atoms with Crippen molar-refractivity contribution >= 4 is 23.2 Å². The summed E-state index contributed by atoms with van der Waals surface area (Å²) in [5.41, 5.74) is -0.0792. The maximum absolute atomic E-state index is 11.5. The average molecular weight is 265 g/mol. The fraction of sp³-hybridized carbons (Fsp3) is 0.455. The number of carbonyl (C=O) groups excluding carboxylic acids is 1. The first kappa shape index (κ1) is 13.1. The molecule has 1 aliphatic rings. The first-order valence-electron chi connectivity index (χ1n) is 5.96. The van der Waals surface area contributed by atoms with E-state index in [9.17, 15) is 14.9 Å². The Morgan fingerprint density at radius 1 is 1.47 bits per heavy atom. The van der Waals surface area contributed by atoms with Crippen LogP contribution < -0.4 is 16.0 Å². The molecule has 0 spiro atoms. The number of nitrogens with zero attached hydrogens (tertiary/aromatic N) is 2. The van der Waals surface area contributed by atoms with E-state index in [-0.39, 0.29) is 18.1 Å². The van der Waals surface area contributed by atoms with Crippen molar-refractivity contribution in [3.05, 3.63) is 22.2 Å². The van der Waals surface area contributed by atoms with Crippen molar-refractivity contribution in [3.63, 3.8) is 0 Å². The van der Waals surface area contributed by atoms with Crippen LogP contribution in [0, 0.1) is 10.1 Å². The van der Waals surface area contributed by atoms with Gasteiger partial charge in [-0.25, -0.2) is 4.98 Å². The molecule has 8 nitrogen and oxygen atoms in total. The number of hydrogen-bond acceptors (Lipinski definition) is 6. The van der Waals surface area contributed by atoms with Crippen molar-refractivity contribution in [2.24, 2.45) is 0 Å². The molecule has 0 atom stereocenters. The zero-order valence-corrected chi connectivity index (χ0v) is 10.5. The van der Waals surface area contributed by atoms with Gasteiger partial charge in [-0.3, -0.25) is 14.9 Å². The maximum atomic E-state index is 11.5. The number of carbonyl (C=O) groups is 1. The van der Waals surface area contributed by atoms with Gasteiger partial charge in [0.1, 0.15) is 11.6 Å². The minimum atomic E-state index is -0.502. The quantitative estimate of drug-likeness (QED) is 0.516. The zero-order chi connectivity index (χ0) is 13.8. The second kappa shape index (κ2) is 5.51. The lowest BCUT2D eigenvalue weighted by molar-refractivity contribution is -0.384.